The van der Waals surface area contributed by atoms with E-state index in [4.69, 9.17) is 10.9 Å². The van der Waals surface area contributed by atoms with Crippen molar-refractivity contribution in [2.24, 2.45) is 10.9 Å². The van der Waals surface area contributed by atoms with E-state index in [0.717, 1.165) is 12.8 Å². The fraction of sp³-hybridized carbons (Fsp3) is 0.900. The fourth-order valence-corrected chi connectivity index (χ4v) is 1.43. The van der Waals surface area contributed by atoms with E-state index in [0.29, 0.717) is 12.6 Å². The third-order valence-corrected chi connectivity index (χ3v) is 2.24. The molecule has 4 heteroatoms. The number of nitrogens with two attached hydrogens (primary N) is 1. The number of hydrogen-bond donors (Lipinski definition) is 3. The smallest absolute Gasteiger partial charge is 0.153 e. The maximum atomic E-state index is 8.38. The molecule has 4 nitrogen and oxygen atoms in total. The SMILES string of the molecule is CCCCC(CCC)NCC(N)=NO. The van der Waals surface area contributed by atoms with Gasteiger partial charge >= 0.3 is 0 Å². The molecule has 0 saturated carbocycles. The summed E-state index contributed by atoms with van der Waals surface area (Å²) < 4.78 is 0. The van der Waals surface area contributed by atoms with Crippen molar-refractivity contribution in [3.8, 4) is 0 Å². The highest BCUT2D eigenvalue weighted by molar-refractivity contribution is 5.81. The van der Waals surface area contributed by atoms with Crippen LogP contribution in [0, 0.1) is 0 Å². The second kappa shape index (κ2) is 8.81. The molecule has 0 aliphatic rings. The van der Waals surface area contributed by atoms with Crippen LogP contribution in [-0.2, 0) is 0 Å². The van der Waals surface area contributed by atoms with Crippen molar-refractivity contribution in [3.05, 3.63) is 0 Å². The molecule has 0 radical (unpaired) electrons. The Morgan fingerprint density at radius 1 is 1.36 bits per heavy atom. The summed E-state index contributed by atoms with van der Waals surface area (Å²) in [4.78, 5) is 0. The van der Waals surface area contributed by atoms with Gasteiger partial charge in [0, 0.05) is 6.04 Å². The zero-order chi connectivity index (χ0) is 10.8. The Morgan fingerprint density at radius 3 is 2.57 bits per heavy atom. The highest BCUT2D eigenvalue weighted by Gasteiger charge is 2.06. The number of amidine groups is 1. The lowest BCUT2D eigenvalue weighted by molar-refractivity contribution is 0.316. The molecule has 0 saturated heterocycles. The van der Waals surface area contributed by atoms with Crippen molar-refractivity contribution in [1.29, 1.82) is 0 Å². The van der Waals surface area contributed by atoms with Gasteiger partial charge in [0.2, 0.25) is 0 Å². The fourth-order valence-electron chi connectivity index (χ4n) is 1.43. The van der Waals surface area contributed by atoms with Crippen molar-refractivity contribution in [1.82, 2.24) is 5.32 Å². The molecule has 0 rings (SSSR count). The minimum Gasteiger partial charge on any atom is -0.409 e. The molecule has 0 aromatic carbocycles. The van der Waals surface area contributed by atoms with Gasteiger partial charge in [-0.1, -0.05) is 38.3 Å². The van der Waals surface area contributed by atoms with Crippen LogP contribution in [0.3, 0.4) is 0 Å². The average Bonchev–Trinajstić information content (AvgIpc) is 2.21. The Hall–Kier alpha value is -0.770. The van der Waals surface area contributed by atoms with Crippen molar-refractivity contribution in [2.75, 3.05) is 6.54 Å². The summed E-state index contributed by atoms with van der Waals surface area (Å²) >= 11 is 0. The molecule has 0 spiro atoms. The van der Waals surface area contributed by atoms with Gasteiger partial charge in [-0.05, 0) is 12.8 Å². The van der Waals surface area contributed by atoms with Crippen LogP contribution in [0.2, 0.25) is 0 Å². The van der Waals surface area contributed by atoms with Crippen LogP contribution < -0.4 is 11.1 Å². The highest BCUT2D eigenvalue weighted by atomic mass is 16.4. The molecular weight excluding hydrogens is 178 g/mol. The summed E-state index contributed by atoms with van der Waals surface area (Å²) in [5.41, 5.74) is 5.38. The monoisotopic (exact) mass is 201 g/mol. The topological polar surface area (TPSA) is 70.6 Å². The number of rotatable bonds is 8. The van der Waals surface area contributed by atoms with E-state index in [1.165, 1.54) is 19.3 Å². The summed E-state index contributed by atoms with van der Waals surface area (Å²) in [6, 6.07) is 0.500. The number of nitrogens with one attached hydrogen (secondary N) is 1. The standard InChI is InChI=1S/C10H23N3O/c1-3-5-7-9(6-4-2)12-8-10(11)13-14/h9,12,14H,3-8H2,1-2H3,(H2,11,13). The van der Waals surface area contributed by atoms with Crippen LogP contribution in [0.25, 0.3) is 0 Å². The number of oxime groups is 1. The van der Waals surface area contributed by atoms with Gasteiger partial charge in [-0.15, -0.1) is 0 Å². The van der Waals surface area contributed by atoms with Crippen LogP contribution in [0.5, 0.6) is 0 Å². The lowest BCUT2D eigenvalue weighted by Gasteiger charge is -2.17. The summed E-state index contributed by atoms with van der Waals surface area (Å²) in [6.45, 7) is 4.83. The minimum atomic E-state index is 0.252. The van der Waals surface area contributed by atoms with Gasteiger partial charge in [0.25, 0.3) is 0 Å². The molecule has 0 aliphatic carbocycles. The molecule has 1 atom stereocenters. The molecule has 0 bridgehead atoms. The molecule has 4 N–H and O–H groups in total. The number of hydrogen-bond acceptors (Lipinski definition) is 3. The maximum Gasteiger partial charge on any atom is 0.153 e. The zero-order valence-corrected chi connectivity index (χ0v) is 9.29. The Kier molecular flexibility index (Phi) is 8.33. The Morgan fingerprint density at radius 2 is 2.07 bits per heavy atom. The van der Waals surface area contributed by atoms with Gasteiger partial charge < -0.3 is 16.3 Å². The molecule has 0 aromatic heterocycles. The van der Waals surface area contributed by atoms with Crippen LogP contribution in [-0.4, -0.2) is 23.6 Å². The largest absolute Gasteiger partial charge is 0.409 e. The van der Waals surface area contributed by atoms with Gasteiger partial charge in [0.1, 0.15) is 0 Å². The molecule has 0 aliphatic heterocycles. The second-order valence-electron chi connectivity index (χ2n) is 3.60. The molecular formula is C10H23N3O. The Labute approximate surface area is 86.6 Å². The molecule has 0 fully saturated rings. The average molecular weight is 201 g/mol. The van der Waals surface area contributed by atoms with E-state index < -0.39 is 0 Å². The van der Waals surface area contributed by atoms with Gasteiger partial charge in [0.05, 0.1) is 6.54 Å². The first-order valence-electron chi connectivity index (χ1n) is 5.44. The lowest BCUT2D eigenvalue weighted by atomic mass is 10.1. The van der Waals surface area contributed by atoms with Crippen LogP contribution in [0.15, 0.2) is 5.16 Å². The third kappa shape index (κ3) is 6.71. The van der Waals surface area contributed by atoms with Crippen LogP contribution >= 0.6 is 0 Å². The Balaban J connectivity index is 3.71. The third-order valence-electron chi connectivity index (χ3n) is 2.24. The lowest BCUT2D eigenvalue weighted by Crippen LogP contribution is -2.36. The van der Waals surface area contributed by atoms with Crippen molar-refractivity contribution in [3.63, 3.8) is 0 Å². The predicted molar refractivity (Wildman–Crippen MR) is 59.6 cm³/mol. The van der Waals surface area contributed by atoms with Gasteiger partial charge in [-0.25, -0.2) is 0 Å². The second-order valence-corrected chi connectivity index (χ2v) is 3.60. The normalized spacial score (nSPS) is 14.3. The van der Waals surface area contributed by atoms with Crippen LogP contribution in [0.4, 0.5) is 0 Å². The summed E-state index contributed by atoms with van der Waals surface area (Å²) in [5, 5.41) is 14.6. The molecule has 0 amide bonds. The summed E-state index contributed by atoms with van der Waals surface area (Å²) in [7, 11) is 0. The van der Waals surface area contributed by atoms with Gasteiger partial charge in [-0.2, -0.15) is 0 Å². The minimum absolute atomic E-state index is 0.252. The molecule has 1 unspecified atom stereocenters. The van der Waals surface area contributed by atoms with E-state index in [2.05, 4.69) is 24.3 Å². The maximum absolute atomic E-state index is 8.38. The first-order chi connectivity index (χ1) is 6.74. The van der Waals surface area contributed by atoms with Gasteiger partial charge in [0.15, 0.2) is 5.84 Å². The Bertz CT molecular complexity index is 159. The predicted octanol–water partition coefficient (Wildman–Crippen LogP) is 1.68. The van der Waals surface area contributed by atoms with Gasteiger partial charge in [-0.3, -0.25) is 0 Å². The first-order valence-corrected chi connectivity index (χ1v) is 5.44. The van der Waals surface area contributed by atoms with Crippen molar-refractivity contribution >= 4 is 5.84 Å². The van der Waals surface area contributed by atoms with Crippen LogP contribution in [0.1, 0.15) is 46.0 Å². The van der Waals surface area contributed by atoms with E-state index in [1.54, 1.807) is 0 Å². The highest BCUT2D eigenvalue weighted by Crippen LogP contribution is 2.06. The first kappa shape index (κ1) is 13.2. The molecule has 84 valence electrons. The molecule has 14 heavy (non-hydrogen) atoms. The summed E-state index contributed by atoms with van der Waals surface area (Å²) in [6.07, 6.45) is 5.93. The quantitative estimate of drug-likeness (QED) is 0.242. The van der Waals surface area contributed by atoms with E-state index in [1.807, 2.05) is 0 Å². The van der Waals surface area contributed by atoms with E-state index >= 15 is 0 Å². The van der Waals surface area contributed by atoms with Crippen molar-refractivity contribution in [2.45, 2.75) is 52.0 Å². The summed E-state index contributed by atoms with van der Waals surface area (Å²) in [5.74, 6) is 0.252. The molecule has 0 aromatic rings. The number of nitrogens with zero attached hydrogens (tertiary/aromatic N) is 1. The number of unbranched alkanes of at least 4 members (excludes halogenated alkanes) is 1. The molecule has 0 heterocycles. The van der Waals surface area contributed by atoms with Crippen molar-refractivity contribution < 1.29 is 5.21 Å². The zero-order valence-electron chi connectivity index (χ0n) is 9.29. The van der Waals surface area contributed by atoms with E-state index in [9.17, 15) is 0 Å². The van der Waals surface area contributed by atoms with E-state index in [-0.39, 0.29) is 5.84 Å².